The Labute approximate surface area is 105 Å². The molecule has 1 aliphatic rings. The van der Waals surface area contributed by atoms with Crippen molar-refractivity contribution in [1.29, 1.82) is 0 Å². The second kappa shape index (κ2) is 5.84. The standard InChI is InChI=1S/C11H19N3O2S/c1-7(2)15-5-9(12)10-13-11(16-14-10)8-3-4-17-6-8/h7-9H,3-6,12H2,1-2H3. The lowest BCUT2D eigenvalue weighted by atomic mass is 10.1. The van der Waals surface area contributed by atoms with Gasteiger partial charge >= 0.3 is 0 Å². The fourth-order valence-corrected chi connectivity index (χ4v) is 2.88. The monoisotopic (exact) mass is 257 g/mol. The maximum absolute atomic E-state index is 5.94. The number of nitrogens with zero attached hydrogens (tertiary/aromatic N) is 2. The van der Waals surface area contributed by atoms with Crippen LogP contribution in [0.2, 0.25) is 0 Å². The van der Waals surface area contributed by atoms with Gasteiger partial charge in [0.2, 0.25) is 5.89 Å². The number of hydrogen-bond acceptors (Lipinski definition) is 6. The Kier molecular flexibility index (Phi) is 4.42. The average Bonchev–Trinajstić information content (AvgIpc) is 2.94. The second-order valence-corrected chi connectivity index (χ2v) is 5.69. The van der Waals surface area contributed by atoms with E-state index in [0.717, 1.165) is 18.1 Å². The van der Waals surface area contributed by atoms with Crippen LogP contribution in [0.1, 0.15) is 43.9 Å². The number of aromatic nitrogens is 2. The third-order valence-corrected chi connectivity index (χ3v) is 3.84. The molecule has 1 saturated heterocycles. The van der Waals surface area contributed by atoms with Crippen LogP contribution in [0.5, 0.6) is 0 Å². The van der Waals surface area contributed by atoms with Crippen molar-refractivity contribution in [3.63, 3.8) is 0 Å². The molecule has 2 N–H and O–H groups in total. The molecule has 0 spiro atoms. The first-order valence-corrected chi connectivity index (χ1v) is 7.10. The molecule has 0 radical (unpaired) electrons. The highest BCUT2D eigenvalue weighted by molar-refractivity contribution is 7.99. The maximum atomic E-state index is 5.94. The van der Waals surface area contributed by atoms with Gasteiger partial charge in [-0.1, -0.05) is 5.16 Å². The Morgan fingerprint density at radius 2 is 2.41 bits per heavy atom. The number of hydrogen-bond donors (Lipinski definition) is 1. The average molecular weight is 257 g/mol. The van der Waals surface area contributed by atoms with Gasteiger partial charge in [0.25, 0.3) is 0 Å². The van der Waals surface area contributed by atoms with E-state index >= 15 is 0 Å². The molecule has 1 aromatic rings. The topological polar surface area (TPSA) is 74.2 Å². The van der Waals surface area contributed by atoms with Crippen LogP contribution >= 0.6 is 11.8 Å². The molecular formula is C11H19N3O2S. The third-order valence-electron chi connectivity index (χ3n) is 2.68. The molecule has 0 aromatic carbocycles. The van der Waals surface area contributed by atoms with Crippen LogP contribution in [-0.2, 0) is 4.74 Å². The van der Waals surface area contributed by atoms with Crippen LogP contribution in [0.4, 0.5) is 0 Å². The van der Waals surface area contributed by atoms with E-state index in [0.29, 0.717) is 18.3 Å². The summed E-state index contributed by atoms with van der Waals surface area (Å²) in [5, 5.41) is 3.94. The minimum absolute atomic E-state index is 0.165. The van der Waals surface area contributed by atoms with Crippen LogP contribution in [-0.4, -0.2) is 34.4 Å². The van der Waals surface area contributed by atoms with Gasteiger partial charge in [-0.15, -0.1) is 0 Å². The van der Waals surface area contributed by atoms with E-state index in [9.17, 15) is 0 Å². The molecular weight excluding hydrogens is 238 g/mol. The van der Waals surface area contributed by atoms with Gasteiger partial charge in [0, 0.05) is 11.7 Å². The molecule has 6 heteroatoms. The molecule has 0 saturated carbocycles. The SMILES string of the molecule is CC(C)OCC(N)c1noc(C2CCSC2)n1. The lowest BCUT2D eigenvalue weighted by Crippen LogP contribution is -2.20. The predicted octanol–water partition coefficient (Wildman–Crippen LogP) is 1.71. The van der Waals surface area contributed by atoms with Gasteiger partial charge < -0.3 is 15.0 Å². The smallest absolute Gasteiger partial charge is 0.230 e. The van der Waals surface area contributed by atoms with E-state index < -0.39 is 0 Å². The molecule has 2 heterocycles. The minimum Gasteiger partial charge on any atom is -0.377 e. The second-order valence-electron chi connectivity index (χ2n) is 4.54. The first kappa shape index (κ1) is 12.9. The van der Waals surface area contributed by atoms with Crippen molar-refractivity contribution in [2.75, 3.05) is 18.1 Å². The summed E-state index contributed by atoms with van der Waals surface area (Å²) in [6.45, 7) is 4.38. The molecule has 2 unspecified atom stereocenters. The lowest BCUT2D eigenvalue weighted by molar-refractivity contribution is 0.0665. The molecule has 0 bridgehead atoms. The molecule has 5 nitrogen and oxygen atoms in total. The predicted molar refractivity (Wildman–Crippen MR) is 67.0 cm³/mol. The molecule has 1 aromatic heterocycles. The van der Waals surface area contributed by atoms with Crippen LogP contribution in [0, 0.1) is 0 Å². The molecule has 0 amide bonds. The Bertz CT molecular complexity index is 350. The van der Waals surface area contributed by atoms with Gasteiger partial charge in [0.1, 0.15) is 0 Å². The quantitative estimate of drug-likeness (QED) is 0.865. The Morgan fingerprint density at radius 3 is 3.06 bits per heavy atom. The van der Waals surface area contributed by atoms with Crippen LogP contribution in [0.15, 0.2) is 4.52 Å². The Hall–Kier alpha value is -0.590. The minimum atomic E-state index is -0.302. The van der Waals surface area contributed by atoms with Crippen molar-refractivity contribution in [3.8, 4) is 0 Å². The highest BCUT2D eigenvalue weighted by atomic mass is 32.2. The number of thioether (sulfide) groups is 1. The molecule has 1 aliphatic heterocycles. The van der Waals surface area contributed by atoms with Gasteiger partial charge in [0.15, 0.2) is 5.82 Å². The van der Waals surface area contributed by atoms with Gasteiger partial charge in [-0.2, -0.15) is 16.7 Å². The summed E-state index contributed by atoms with van der Waals surface area (Å²) in [7, 11) is 0. The van der Waals surface area contributed by atoms with E-state index in [1.165, 1.54) is 5.75 Å². The van der Waals surface area contributed by atoms with E-state index in [2.05, 4.69) is 10.1 Å². The summed E-state index contributed by atoms with van der Waals surface area (Å²) in [6, 6.07) is -0.302. The number of nitrogens with two attached hydrogens (primary N) is 1. The van der Waals surface area contributed by atoms with Gasteiger partial charge in [-0.25, -0.2) is 0 Å². The van der Waals surface area contributed by atoms with Crippen LogP contribution in [0.25, 0.3) is 0 Å². The summed E-state index contributed by atoms with van der Waals surface area (Å²) < 4.78 is 10.7. The molecule has 2 atom stereocenters. The van der Waals surface area contributed by atoms with Gasteiger partial charge in [0.05, 0.1) is 18.8 Å². The lowest BCUT2D eigenvalue weighted by Gasteiger charge is -2.10. The van der Waals surface area contributed by atoms with E-state index in [1.54, 1.807) is 0 Å². The zero-order valence-corrected chi connectivity index (χ0v) is 11.1. The molecule has 17 heavy (non-hydrogen) atoms. The maximum Gasteiger partial charge on any atom is 0.230 e. The van der Waals surface area contributed by atoms with Crippen molar-refractivity contribution < 1.29 is 9.26 Å². The van der Waals surface area contributed by atoms with Gasteiger partial charge in [-0.3, -0.25) is 0 Å². The van der Waals surface area contributed by atoms with Crippen molar-refractivity contribution >= 4 is 11.8 Å². The fraction of sp³-hybridized carbons (Fsp3) is 0.818. The first-order valence-electron chi connectivity index (χ1n) is 5.95. The van der Waals surface area contributed by atoms with Gasteiger partial charge in [-0.05, 0) is 26.0 Å². The third kappa shape index (κ3) is 3.43. The summed E-state index contributed by atoms with van der Waals surface area (Å²) in [5.74, 6) is 3.92. The highest BCUT2D eigenvalue weighted by Crippen LogP contribution is 2.31. The van der Waals surface area contributed by atoms with Crippen LogP contribution in [0.3, 0.4) is 0 Å². The Balaban J connectivity index is 1.92. The molecule has 1 fully saturated rings. The normalized spacial score (nSPS) is 22.2. The molecule has 96 valence electrons. The van der Waals surface area contributed by atoms with Crippen molar-refractivity contribution in [2.24, 2.45) is 5.73 Å². The highest BCUT2D eigenvalue weighted by Gasteiger charge is 2.24. The summed E-state index contributed by atoms with van der Waals surface area (Å²) >= 11 is 1.93. The van der Waals surface area contributed by atoms with E-state index in [4.69, 9.17) is 15.0 Å². The largest absolute Gasteiger partial charge is 0.377 e. The van der Waals surface area contributed by atoms with Crippen molar-refractivity contribution in [3.05, 3.63) is 11.7 Å². The molecule has 2 rings (SSSR count). The van der Waals surface area contributed by atoms with Crippen LogP contribution < -0.4 is 5.73 Å². The van der Waals surface area contributed by atoms with Crippen molar-refractivity contribution in [1.82, 2.24) is 10.1 Å². The zero-order chi connectivity index (χ0) is 12.3. The van der Waals surface area contributed by atoms with E-state index in [1.807, 2.05) is 25.6 Å². The zero-order valence-electron chi connectivity index (χ0n) is 10.3. The van der Waals surface area contributed by atoms with Crippen molar-refractivity contribution in [2.45, 2.75) is 38.3 Å². The van der Waals surface area contributed by atoms with E-state index in [-0.39, 0.29) is 12.1 Å². The number of ether oxygens (including phenoxy) is 1. The molecule has 0 aliphatic carbocycles. The Morgan fingerprint density at radius 1 is 1.59 bits per heavy atom. The number of rotatable bonds is 5. The summed E-state index contributed by atoms with van der Waals surface area (Å²) in [4.78, 5) is 4.37. The summed E-state index contributed by atoms with van der Waals surface area (Å²) in [5.41, 5.74) is 5.94. The first-order chi connectivity index (χ1) is 8.16. The fourth-order valence-electron chi connectivity index (χ4n) is 1.66. The summed E-state index contributed by atoms with van der Waals surface area (Å²) in [6.07, 6.45) is 1.28.